The molecular weight excluding hydrogens is 300 g/mol. The molecule has 6 heteroatoms. The molecule has 0 radical (unpaired) electrons. The van der Waals surface area contributed by atoms with E-state index >= 15 is 0 Å². The fraction of sp³-hybridized carbons (Fsp3) is 0.250. The zero-order valence-electron chi connectivity index (χ0n) is 12.4. The lowest BCUT2D eigenvalue weighted by molar-refractivity contribution is 0.340. The maximum atomic E-state index is 5.43. The third-order valence-electron chi connectivity index (χ3n) is 3.23. The van der Waals surface area contributed by atoms with Gasteiger partial charge in [-0.15, -0.1) is 22.6 Å². The number of ether oxygens (including phenoxy) is 1. The van der Waals surface area contributed by atoms with E-state index in [9.17, 15) is 0 Å². The minimum absolute atomic E-state index is 0. The normalized spacial score (nSPS) is 10.4. The van der Waals surface area contributed by atoms with Crippen LogP contribution in [-0.2, 0) is 13.1 Å². The summed E-state index contributed by atoms with van der Waals surface area (Å²) in [7, 11) is 0. The van der Waals surface area contributed by atoms with Gasteiger partial charge < -0.3 is 10.1 Å². The quantitative estimate of drug-likeness (QED) is 0.759. The summed E-state index contributed by atoms with van der Waals surface area (Å²) >= 11 is 0. The Morgan fingerprint density at radius 1 is 1.05 bits per heavy atom. The van der Waals surface area contributed by atoms with Crippen LogP contribution in [0.15, 0.2) is 48.7 Å². The van der Waals surface area contributed by atoms with Gasteiger partial charge in [-0.25, -0.2) is 0 Å². The molecule has 0 aliphatic heterocycles. The van der Waals surface area contributed by atoms with Crippen LogP contribution in [0.5, 0.6) is 5.75 Å². The SMILES string of the molecule is CCOc1ccc(CNCc2nnc3ccccn23)cc1.Cl. The number of hydrogen-bond donors (Lipinski definition) is 1. The number of pyridine rings is 1. The topological polar surface area (TPSA) is 51.5 Å². The largest absolute Gasteiger partial charge is 0.494 e. The highest BCUT2D eigenvalue weighted by Crippen LogP contribution is 2.12. The summed E-state index contributed by atoms with van der Waals surface area (Å²) < 4.78 is 7.42. The molecule has 0 bridgehead atoms. The van der Waals surface area contributed by atoms with Crippen molar-refractivity contribution in [1.29, 1.82) is 0 Å². The van der Waals surface area contributed by atoms with Gasteiger partial charge in [-0.3, -0.25) is 4.40 Å². The van der Waals surface area contributed by atoms with Gasteiger partial charge in [0.15, 0.2) is 11.5 Å². The molecule has 2 aromatic heterocycles. The lowest BCUT2D eigenvalue weighted by Crippen LogP contribution is -2.14. The molecule has 0 unspecified atom stereocenters. The highest BCUT2D eigenvalue weighted by atomic mass is 35.5. The van der Waals surface area contributed by atoms with Gasteiger partial charge in [-0.05, 0) is 36.8 Å². The highest BCUT2D eigenvalue weighted by molar-refractivity contribution is 5.85. The molecule has 0 fully saturated rings. The van der Waals surface area contributed by atoms with Crippen LogP contribution in [0.1, 0.15) is 18.3 Å². The number of hydrogen-bond acceptors (Lipinski definition) is 4. The van der Waals surface area contributed by atoms with Crippen molar-refractivity contribution < 1.29 is 4.74 Å². The van der Waals surface area contributed by atoms with Gasteiger partial charge in [0.2, 0.25) is 0 Å². The van der Waals surface area contributed by atoms with Crippen molar-refractivity contribution in [3.8, 4) is 5.75 Å². The van der Waals surface area contributed by atoms with E-state index in [0.29, 0.717) is 13.2 Å². The maximum Gasteiger partial charge on any atom is 0.160 e. The van der Waals surface area contributed by atoms with Gasteiger partial charge in [-0.2, -0.15) is 0 Å². The van der Waals surface area contributed by atoms with Crippen molar-refractivity contribution in [2.45, 2.75) is 20.0 Å². The summed E-state index contributed by atoms with van der Waals surface area (Å²) in [6.07, 6.45) is 1.98. The first-order valence-corrected chi connectivity index (χ1v) is 7.08. The Balaban J connectivity index is 0.00000176. The van der Waals surface area contributed by atoms with Crippen LogP contribution in [0.4, 0.5) is 0 Å². The summed E-state index contributed by atoms with van der Waals surface area (Å²) in [5.41, 5.74) is 2.09. The number of halogens is 1. The van der Waals surface area contributed by atoms with Crippen LogP contribution in [0, 0.1) is 0 Å². The lowest BCUT2D eigenvalue weighted by Gasteiger charge is -2.06. The number of nitrogens with one attached hydrogen (secondary N) is 1. The Kier molecular flexibility index (Phi) is 5.75. The Labute approximate surface area is 135 Å². The van der Waals surface area contributed by atoms with Gasteiger partial charge in [0.1, 0.15) is 5.75 Å². The van der Waals surface area contributed by atoms with E-state index in [1.54, 1.807) is 0 Å². The summed E-state index contributed by atoms with van der Waals surface area (Å²) in [6.45, 7) is 4.14. The molecule has 5 nitrogen and oxygen atoms in total. The Morgan fingerprint density at radius 3 is 2.64 bits per heavy atom. The molecule has 0 atom stereocenters. The van der Waals surface area contributed by atoms with Crippen molar-refractivity contribution in [1.82, 2.24) is 19.9 Å². The van der Waals surface area contributed by atoms with E-state index in [1.807, 2.05) is 47.9 Å². The molecule has 0 aliphatic carbocycles. The molecule has 22 heavy (non-hydrogen) atoms. The first-order valence-electron chi connectivity index (χ1n) is 7.08. The van der Waals surface area contributed by atoms with Crippen LogP contribution >= 0.6 is 12.4 Å². The lowest BCUT2D eigenvalue weighted by atomic mass is 10.2. The van der Waals surface area contributed by atoms with Crippen LogP contribution in [0.2, 0.25) is 0 Å². The third kappa shape index (κ3) is 3.75. The summed E-state index contributed by atoms with van der Waals surface area (Å²) in [6, 6.07) is 14.0. The van der Waals surface area contributed by atoms with Crippen molar-refractivity contribution in [2.24, 2.45) is 0 Å². The van der Waals surface area contributed by atoms with Crippen LogP contribution < -0.4 is 10.1 Å². The summed E-state index contributed by atoms with van der Waals surface area (Å²) in [5, 5.41) is 11.7. The molecular formula is C16H19ClN4O. The van der Waals surface area contributed by atoms with E-state index in [-0.39, 0.29) is 12.4 Å². The average Bonchev–Trinajstić information content (AvgIpc) is 2.93. The van der Waals surface area contributed by atoms with Crippen molar-refractivity contribution >= 4 is 18.1 Å². The van der Waals surface area contributed by atoms with Gasteiger partial charge in [-0.1, -0.05) is 18.2 Å². The van der Waals surface area contributed by atoms with Crippen LogP contribution in [0.3, 0.4) is 0 Å². The monoisotopic (exact) mass is 318 g/mol. The number of fused-ring (bicyclic) bond motifs is 1. The molecule has 0 amide bonds. The van der Waals surface area contributed by atoms with E-state index in [1.165, 1.54) is 5.56 Å². The second-order valence-electron chi connectivity index (χ2n) is 4.73. The van der Waals surface area contributed by atoms with E-state index in [0.717, 1.165) is 23.8 Å². The fourth-order valence-corrected chi connectivity index (χ4v) is 2.20. The number of nitrogens with zero attached hydrogens (tertiary/aromatic N) is 3. The molecule has 3 rings (SSSR count). The summed E-state index contributed by atoms with van der Waals surface area (Å²) in [4.78, 5) is 0. The maximum absolute atomic E-state index is 5.43. The second-order valence-corrected chi connectivity index (χ2v) is 4.73. The standard InChI is InChI=1S/C16H18N4O.ClH/c1-2-21-14-8-6-13(7-9-14)11-17-12-16-19-18-15-5-3-4-10-20(15)16;/h3-10,17H,2,11-12H2,1H3;1H. The number of aromatic nitrogens is 3. The van der Waals surface area contributed by atoms with Crippen LogP contribution in [-0.4, -0.2) is 21.2 Å². The number of rotatable bonds is 6. The van der Waals surface area contributed by atoms with Gasteiger partial charge in [0, 0.05) is 12.7 Å². The summed E-state index contributed by atoms with van der Waals surface area (Å²) in [5.74, 6) is 1.82. The van der Waals surface area contributed by atoms with Gasteiger partial charge in [0.25, 0.3) is 0 Å². The van der Waals surface area contributed by atoms with E-state index in [4.69, 9.17) is 4.74 Å². The molecule has 0 saturated carbocycles. The van der Waals surface area contributed by atoms with Crippen molar-refractivity contribution in [3.05, 3.63) is 60.0 Å². The van der Waals surface area contributed by atoms with Gasteiger partial charge >= 0.3 is 0 Å². The van der Waals surface area contributed by atoms with E-state index < -0.39 is 0 Å². The first-order chi connectivity index (χ1) is 10.4. The average molecular weight is 319 g/mol. The molecule has 0 saturated heterocycles. The van der Waals surface area contributed by atoms with Crippen LogP contribution in [0.25, 0.3) is 5.65 Å². The molecule has 0 aliphatic rings. The van der Waals surface area contributed by atoms with Gasteiger partial charge in [0.05, 0.1) is 13.2 Å². The molecule has 0 spiro atoms. The van der Waals surface area contributed by atoms with Crippen molar-refractivity contribution in [2.75, 3.05) is 6.61 Å². The Hall–Kier alpha value is -2.11. The molecule has 1 N–H and O–H groups in total. The Morgan fingerprint density at radius 2 is 1.86 bits per heavy atom. The van der Waals surface area contributed by atoms with E-state index in [2.05, 4.69) is 27.6 Å². The predicted molar refractivity (Wildman–Crippen MR) is 88.4 cm³/mol. The van der Waals surface area contributed by atoms with Crippen molar-refractivity contribution in [3.63, 3.8) is 0 Å². The predicted octanol–water partition coefficient (Wildman–Crippen LogP) is 2.84. The smallest absolute Gasteiger partial charge is 0.160 e. The highest BCUT2D eigenvalue weighted by Gasteiger charge is 2.03. The second kappa shape index (κ2) is 7.77. The minimum atomic E-state index is 0. The molecule has 116 valence electrons. The molecule has 2 heterocycles. The zero-order chi connectivity index (χ0) is 14.5. The molecule has 1 aromatic carbocycles. The Bertz CT molecular complexity index is 711. The molecule has 3 aromatic rings. The minimum Gasteiger partial charge on any atom is -0.494 e. The zero-order valence-corrected chi connectivity index (χ0v) is 13.2. The fourth-order valence-electron chi connectivity index (χ4n) is 2.20. The first kappa shape index (κ1) is 16.3. The third-order valence-corrected chi connectivity index (χ3v) is 3.23. The number of benzene rings is 1.